The van der Waals surface area contributed by atoms with Crippen molar-refractivity contribution in [3.63, 3.8) is 0 Å². The van der Waals surface area contributed by atoms with E-state index in [4.69, 9.17) is 28.4 Å². The lowest BCUT2D eigenvalue weighted by atomic mass is 10.1. The van der Waals surface area contributed by atoms with Gasteiger partial charge in [-0.15, -0.1) is 0 Å². The molecule has 0 aromatic heterocycles. The Morgan fingerprint density at radius 3 is 1.26 bits per heavy atom. The van der Waals surface area contributed by atoms with E-state index in [9.17, 15) is 0 Å². The van der Waals surface area contributed by atoms with Crippen LogP contribution in [0.1, 0.15) is 50.7 Å². The highest BCUT2D eigenvalue weighted by Crippen LogP contribution is 2.30. The van der Waals surface area contributed by atoms with E-state index in [0.29, 0.717) is 52.9 Å². The Labute approximate surface area is 204 Å². The molecule has 0 amide bonds. The van der Waals surface area contributed by atoms with Crippen molar-refractivity contribution < 1.29 is 28.4 Å². The summed E-state index contributed by atoms with van der Waals surface area (Å²) in [5.74, 6) is 2.98. The first-order valence-corrected chi connectivity index (χ1v) is 12.7. The van der Waals surface area contributed by atoms with Crippen molar-refractivity contribution in [2.75, 3.05) is 52.9 Å². The van der Waals surface area contributed by atoms with Gasteiger partial charge in [0.2, 0.25) is 0 Å². The van der Waals surface area contributed by atoms with Crippen molar-refractivity contribution in [2.45, 2.75) is 52.4 Å². The van der Waals surface area contributed by atoms with Gasteiger partial charge in [-0.3, -0.25) is 0 Å². The molecular formula is C28H40O6. The molecule has 0 fully saturated rings. The molecule has 0 bridgehead atoms. The summed E-state index contributed by atoms with van der Waals surface area (Å²) in [7, 11) is 0. The number of hydrogen-bond donors (Lipinski definition) is 0. The van der Waals surface area contributed by atoms with Crippen LogP contribution in [0.15, 0.2) is 36.4 Å². The van der Waals surface area contributed by atoms with Crippen LogP contribution in [0.2, 0.25) is 0 Å². The zero-order valence-electron chi connectivity index (χ0n) is 20.8. The molecule has 0 saturated heterocycles. The van der Waals surface area contributed by atoms with Crippen molar-refractivity contribution in [3.8, 4) is 23.0 Å². The Bertz CT molecular complexity index is 768. The highest BCUT2D eigenvalue weighted by molar-refractivity contribution is 5.44. The third-order valence-corrected chi connectivity index (χ3v) is 5.60. The van der Waals surface area contributed by atoms with E-state index in [1.165, 1.54) is 11.1 Å². The monoisotopic (exact) mass is 472 g/mol. The number of benzene rings is 2. The number of hydrogen-bond acceptors (Lipinski definition) is 6. The van der Waals surface area contributed by atoms with Crippen LogP contribution in [0, 0.1) is 0 Å². The Balaban J connectivity index is 1.59. The number of unbranched alkanes of at least 4 members (excludes halogenated alkanes) is 2. The zero-order valence-corrected chi connectivity index (χ0v) is 20.8. The van der Waals surface area contributed by atoms with E-state index in [1.807, 2.05) is 12.1 Å². The molecule has 1 heterocycles. The normalized spacial score (nSPS) is 15.8. The lowest BCUT2D eigenvalue weighted by Gasteiger charge is -2.16. The zero-order chi connectivity index (χ0) is 23.8. The van der Waals surface area contributed by atoms with Gasteiger partial charge in [-0.05, 0) is 61.1 Å². The van der Waals surface area contributed by atoms with Crippen molar-refractivity contribution in [3.05, 3.63) is 47.5 Å². The molecule has 0 saturated carbocycles. The van der Waals surface area contributed by atoms with Crippen molar-refractivity contribution in [2.24, 2.45) is 0 Å². The summed E-state index contributed by atoms with van der Waals surface area (Å²) < 4.78 is 35.4. The third kappa shape index (κ3) is 9.07. The maximum atomic E-state index is 6.00. The van der Waals surface area contributed by atoms with E-state index in [2.05, 4.69) is 38.1 Å². The fourth-order valence-corrected chi connectivity index (χ4v) is 3.69. The Morgan fingerprint density at radius 1 is 0.500 bits per heavy atom. The second-order valence-corrected chi connectivity index (χ2v) is 8.39. The van der Waals surface area contributed by atoms with Crippen LogP contribution in [0.4, 0.5) is 0 Å². The van der Waals surface area contributed by atoms with E-state index in [0.717, 1.165) is 61.5 Å². The lowest BCUT2D eigenvalue weighted by Crippen LogP contribution is -2.15. The predicted octanol–water partition coefficient (Wildman–Crippen LogP) is 5.63. The SMILES string of the molecule is CCCCc1ccc2c(c1)OCCOCCOc1ccc(CCCC)cc1OCCOCCO2. The van der Waals surface area contributed by atoms with Gasteiger partial charge in [0.05, 0.1) is 26.4 Å². The second-order valence-electron chi connectivity index (χ2n) is 8.39. The average molecular weight is 473 g/mol. The molecule has 0 atom stereocenters. The Morgan fingerprint density at radius 2 is 0.882 bits per heavy atom. The fraction of sp³-hybridized carbons (Fsp3) is 0.571. The van der Waals surface area contributed by atoms with Crippen LogP contribution >= 0.6 is 0 Å². The fourth-order valence-electron chi connectivity index (χ4n) is 3.69. The first-order valence-electron chi connectivity index (χ1n) is 12.7. The summed E-state index contributed by atoms with van der Waals surface area (Å²) in [5, 5.41) is 0. The highest BCUT2D eigenvalue weighted by atomic mass is 16.6. The summed E-state index contributed by atoms with van der Waals surface area (Å²) >= 11 is 0. The van der Waals surface area contributed by atoms with Crippen molar-refractivity contribution >= 4 is 0 Å². The van der Waals surface area contributed by atoms with Gasteiger partial charge in [0.15, 0.2) is 23.0 Å². The topological polar surface area (TPSA) is 55.4 Å². The van der Waals surface area contributed by atoms with E-state index >= 15 is 0 Å². The summed E-state index contributed by atoms with van der Waals surface area (Å²) in [6.07, 6.45) is 6.70. The van der Waals surface area contributed by atoms with Crippen LogP contribution in [-0.4, -0.2) is 52.9 Å². The average Bonchev–Trinajstić information content (AvgIpc) is 2.86. The summed E-state index contributed by atoms with van der Waals surface area (Å²) in [5.41, 5.74) is 2.51. The van der Waals surface area contributed by atoms with E-state index in [-0.39, 0.29) is 0 Å². The molecule has 0 unspecified atom stereocenters. The van der Waals surface area contributed by atoms with Gasteiger partial charge in [0.1, 0.15) is 26.4 Å². The maximum absolute atomic E-state index is 6.00. The smallest absolute Gasteiger partial charge is 0.161 e. The molecule has 0 spiro atoms. The second kappa shape index (κ2) is 15.5. The van der Waals surface area contributed by atoms with E-state index in [1.54, 1.807) is 0 Å². The molecule has 1 aliphatic rings. The lowest BCUT2D eigenvalue weighted by molar-refractivity contribution is 0.0640. The van der Waals surface area contributed by atoms with Gasteiger partial charge >= 0.3 is 0 Å². The maximum Gasteiger partial charge on any atom is 0.161 e. The first-order chi connectivity index (χ1) is 16.8. The number of fused-ring (bicyclic) bond motifs is 2. The molecule has 6 nitrogen and oxygen atoms in total. The summed E-state index contributed by atoms with van der Waals surface area (Å²) in [6, 6.07) is 12.4. The van der Waals surface area contributed by atoms with Crippen molar-refractivity contribution in [1.82, 2.24) is 0 Å². The van der Waals surface area contributed by atoms with Gasteiger partial charge in [-0.25, -0.2) is 0 Å². The molecule has 6 heteroatoms. The molecule has 0 aliphatic carbocycles. The minimum Gasteiger partial charge on any atom is -0.487 e. The van der Waals surface area contributed by atoms with Crippen LogP contribution in [0.3, 0.4) is 0 Å². The number of aryl methyl sites for hydroxylation is 2. The molecule has 0 radical (unpaired) electrons. The molecule has 3 rings (SSSR count). The molecule has 1 aliphatic heterocycles. The molecule has 34 heavy (non-hydrogen) atoms. The highest BCUT2D eigenvalue weighted by Gasteiger charge is 2.10. The van der Waals surface area contributed by atoms with Gasteiger partial charge in [0.25, 0.3) is 0 Å². The molecule has 2 aromatic rings. The van der Waals surface area contributed by atoms with Gasteiger partial charge in [0, 0.05) is 0 Å². The van der Waals surface area contributed by atoms with Crippen LogP contribution in [0.5, 0.6) is 23.0 Å². The predicted molar refractivity (Wildman–Crippen MR) is 134 cm³/mol. The summed E-state index contributed by atoms with van der Waals surface area (Å²) in [6.45, 7) is 8.09. The van der Waals surface area contributed by atoms with Gasteiger partial charge in [-0.2, -0.15) is 0 Å². The molecular weight excluding hydrogens is 432 g/mol. The number of ether oxygens (including phenoxy) is 6. The first kappa shape index (κ1) is 26.2. The quantitative estimate of drug-likeness (QED) is 0.543. The van der Waals surface area contributed by atoms with E-state index < -0.39 is 0 Å². The van der Waals surface area contributed by atoms with Crippen molar-refractivity contribution in [1.29, 1.82) is 0 Å². The Kier molecular flexibility index (Phi) is 11.9. The van der Waals surface area contributed by atoms with Crippen LogP contribution in [-0.2, 0) is 22.3 Å². The molecule has 188 valence electrons. The minimum absolute atomic E-state index is 0.446. The Hall–Kier alpha value is -2.44. The third-order valence-electron chi connectivity index (χ3n) is 5.60. The molecule has 0 N–H and O–H groups in total. The number of rotatable bonds is 6. The van der Waals surface area contributed by atoms with Gasteiger partial charge in [-0.1, -0.05) is 38.8 Å². The largest absolute Gasteiger partial charge is 0.487 e. The minimum atomic E-state index is 0.446. The summed E-state index contributed by atoms with van der Waals surface area (Å²) in [4.78, 5) is 0. The van der Waals surface area contributed by atoms with Crippen LogP contribution in [0.25, 0.3) is 0 Å². The van der Waals surface area contributed by atoms with Gasteiger partial charge < -0.3 is 28.4 Å². The molecule has 2 aromatic carbocycles. The standard InChI is InChI=1S/C28H40O6/c1-3-5-7-23-9-11-25-27(21-23)33-19-15-29-14-18-32-26-12-10-24(8-6-4-2)22-28(26)34-20-16-30-13-17-31-25/h9-12,21-22H,3-8,13-20H2,1-2H3. The van der Waals surface area contributed by atoms with Crippen LogP contribution < -0.4 is 18.9 Å².